The van der Waals surface area contributed by atoms with E-state index in [2.05, 4.69) is 47.1 Å². The molecule has 2 aromatic carbocycles. The third kappa shape index (κ3) is 7.56. The number of anilines is 1. The first kappa shape index (κ1) is 34.2. The van der Waals surface area contributed by atoms with E-state index in [1.54, 1.807) is 23.7 Å². The number of thiocarbonyl (C=S) groups is 1. The molecule has 0 spiro atoms. The molecule has 246 valence electrons. The Morgan fingerprint density at radius 1 is 0.979 bits per heavy atom. The SMILES string of the molecule is CCCCn1c(N2CCN(Cc3ccccc3)CC2)c(/C=C2\SC(=S)N(CCc3ccc(OC)c(OC)c3)C2=O)c(C)c(C#N)c1=O. The van der Waals surface area contributed by atoms with Gasteiger partial charge in [-0.3, -0.25) is 24.0 Å². The summed E-state index contributed by atoms with van der Waals surface area (Å²) in [5.74, 6) is 1.87. The molecule has 0 bridgehead atoms. The lowest BCUT2D eigenvalue weighted by molar-refractivity contribution is -0.122. The van der Waals surface area contributed by atoms with E-state index in [9.17, 15) is 14.9 Å². The zero-order valence-electron chi connectivity index (χ0n) is 27.5. The number of benzene rings is 2. The summed E-state index contributed by atoms with van der Waals surface area (Å²) in [6.45, 7) is 8.75. The lowest BCUT2D eigenvalue weighted by Crippen LogP contribution is -2.48. The number of piperazine rings is 1. The van der Waals surface area contributed by atoms with Crippen LogP contribution >= 0.6 is 24.0 Å². The van der Waals surface area contributed by atoms with Crippen LogP contribution in [0.2, 0.25) is 0 Å². The number of amides is 1. The molecule has 0 unspecified atom stereocenters. The van der Waals surface area contributed by atoms with E-state index in [4.69, 9.17) is 21.7 Å². The molecule has 0 atom stereocenters. The maximum Gasteiger partial charge on any atom is 0.270 e. The van der Waals surface area contributed by atoms with E-state index in [0.717, 1.165) is 62.5 Å². The Bertz CT molecular complexity index is 1760. The van der Waals surface area contributed by atoms with E-state index in [1.807, 2.05) is 37.3 Å². The van der Waals surface area contributed by atoms with Crippen molar-refractivity contribution in [3.05, 3.63) is 91.6 Å². The average Bonchev–Trinajstić information content (AvgIpc) is 3.36. The molecule has 1 amide bonds. The molecule has 3 aromatic rings. The molecule has 2 aliphatic rings. The number of nitrogens with zero attached hydrogens (tertiary/aromatic N) is 5. The topological polar surface area (TPSA) is 91.0 Å². The number of thioether (sulfide) groups is 1. The van der Waals surface area contributed by atoms with Crippen molar-refractivity contribution in [1.29, 1.82) is 5.26 Å². The molecule has 0 radical (unpaired) electrons. The molecular weight excluding hydrogens is 631 g/mol. The summed E-state index contributed by atoms with van der Waals surface area (Å²) >= 11 is 6.94. The van der Waals surface area contributed by atoms with Crippen LogP contribution in [0.5, 0.6) is 11.5 Å². The molecule has 0 aliphatic carbocycles. The van der Waals surface area contributed by atoms with Crippen LogP contribution in [0.15, 0.2) is 58.2 Å². The van der Waals surface area contributed by atoms with E-state index in [1.165, 1.54) is 17.3 Å². The number of carbonyl (C=O) groups excluding carboxylic acids is 1. The van der Waals surface area contributed by atoms with Gasteiger partial charge in [-0.05, 0) is 54.7 Å². The quantitative estimate of drug-likeness (QED) is 0.180. The molecule has 11 heteroatoms. The van der Waals surface area contributed by atoms with Crippen LogP contribution in [0.1, 0.15) is 47.6 Å². The maximum absolute atomic E-state index is 13.8. The third-order valence-electron chi connectivity index (χ3n) is 8.72. The summed E-state index contributed by atoms with van der Waals surface area (Å²) in [5, 5.41) is 10.1. The van der Waals surface area contributed by atoms with Crippen molar-refractivity contribution in [2.24, 2.45) is 0 Å². The van der Waals surface area contributed by atoms with Crippen LogP contribution in [0.3, 0.4) is 0 Å². The van der Waals surface area contributed by atoms with Gasteiger partial charge in [0.15, 0.2) is 11.5 Å². The standard InChI is InChI=1S/C36H41N5O4S2/c1-5-6-15-40-33(39-19-17-38(18-20-39)24-27-10-8-7-9-11-27)28(25(2)29(23-37)34(40)42)22-32-35(43)41(36(46)47-32)16-14-26-12-13-30(44-3)31(21-26)45-4/h7-13,21-22H,5-6,14-20,24H2,1-4H3/b32-22-. The van der Waals surface area contributed by atoms with Crippen LogP contribution in [-0.2, 0) is 24.3 Å². The van der Waals surface area contributed by atoms with Crippen molar-refractivity contribution in [2.45, 2.75) is 46.2 Å². The summed E-state index contributed by atoms with van der Waals surface area (Å²) in [5.41, 5.74) is 3.41. The van der Waals surface area contributed by atoms with Gasteiger partial charge in [-0.25, -0.2) is 0 Å². The Labute approximate surface area is 286 Å². The zero-order chi connectivity index (χ0) is 33.5. The van der Waals surface area contributed by atoms with E-state index in [-0.39, 0.29) is 17.0 Å². The van der Waals surface area contributed by atoms with E-state index < -0.39 is 0 Å². The molecular formula is C36H41N5O4S2. The predicted octanol–water partition coefficient (Wildman–Crippen LogP) is 5.61. The predicted molar refractivity (Wildman–Crippen MR) is 192 cm³/mol. The minimum Gasteiger partial charge on any atom is -0.493 e. The fourth-order valence-electron chi connectivity index (χ4n) is 6.07. The first-order valence-corrected chi connectivity index (χ1v) is 17.2. The van der Waals surface area contributed by atoms with Crippen molar-refractivity contribution in [3.8, 4) is 17.6 Å². The van der Waals surface area contributed by atoms with Gasteiger partial charge in [0.25, 0.3) is 11.5 Å². The van der Waals surface area contributed by atoms with Crippen LogP contribution < -0.4 is 19.9 Å². The highest BCUT2D eigenvalue weighted by molar-refractivity contribution is 8.26. The number of ether oxygens (including phenoxy) is 2. The molecule has 0 saturated carbocycles. The maximum atomic E-state index is 13.8. The highest BCUT2D eigenvalue weighted by atomic mass is 32.2. The lowest BCUT2D eigenvalue weighted by Gasteiger charge is -2.38. The van der Waals surface area contributed by atoms with Gasteiger partial charge in [0, 0.05) is 51.4 Å². The van der Waals surface area contributed by atoms with Gasteiger partial charge in [0.2, 0.25) is 0 Å². The van der Waals surface area contributed by atoms with Crippen molar-refractivity contribution >= 4 is 46.1 Å². The fourth-order valence-corrected chi connectivity index (χ4v) is 7.36. The average molecular weight is 672 g/mol. The number of rotatable bonds is 12. The highest BCUT2D eigenvalue weighted by Gasteiger charge is 2.33. The molecule has 2 aliphatic heterocycles. The van der Waals surface area contributed by atoms with Crippen molar-refractivity contribution in [3.63, 3.8) is 0 Å². The lowest BCUT2D eigenvalue weighted by atomic mass is 10.0. The second kappa shape index (κ2) is 15.7. The van der Waals surface area contributed by atoms with Crippen LogP contribution in [0.25, 0.3) is 6.08 Å². The Morgan fingerprint density at radius 3 is 2.36 bits per heavy atom. The summed E-state index contributed by atoms with van der Waals surface area (Å²) in [6, 6.07) is 18.3. The first-order chi connectivity index (χ1) is 22.8. The Balaban J connectivity index is 1.45. The fraction of sp³-hybridized carbons (Fsp3) is 0.389. The Kier molecular flexibility index (Phi) is 11.4. The second-order valence-corrected chi connectivity index (χ2v) is 13.4. The molecule has 1 aromatic heterocycles. The van der Waals surface area contributed by atoms with Crippen molar-refractivity contribution < 1.29 is 14.3 Å². The smallest absolute Gasteiger partial charge is 0.270 e. The van der Waals surface area contributed by atoms with Crippen LogP contribution in [0, 0.1) is 18.3 Å². The minimum atomic E-state index is -0.278. The number of pyridine rings is 1. The molecule has 47 heavy (non-hydrogen) atoms. The van der Waals surface area contributed by atoms with Crippen LogP contribution in [0.4, 0.5) is 5.82 Å². The molecule has 0 N–H and O–H groups in total. The largest absolute Gasteiger partial charge is 0.493 e. The van der Waals surface area contributed by atoms with E-state index >= 15 is 0 Å². The minimum absolute atomic E-state index is 0.114. The number of carbonyl (C=O) groups is 1. The zero-order valence-corrected chi connectivity index (χ0v) is 29.1. The monoisotopic (exact) mass is 671 g/mol. The second-order valence-electron chi connectivity index (χ2n) is 11.7. The Morgan fingerprint density at radius 2 is 1.70 bits per heavy atom. The summed E-state index contributed by atoms with van der Waals surface area (Å²) in [6.07, 6.45) is 4.13. The van der Waals surface area contributed by atoms with Gasteiger partial charge in [-0.2, -0.15) is 5.26 Å². The number of nitriles is 1. The van der Waals surface area contributed by atoms with Gasteiger partial charge in [-0.15, -0.1) is 0 Å². The molecule has 5 rings (SSSR count). The summed E-state index contributed by atoms with van der Waals surface area (Å²) in [7, 11) is 3.19. The van der Waals surface area contributed by atoms with Gasteiger partial charge < -0.3 is 14.4 Å². The summed E-state index contributed by atoms with van der Waals surface area (Å²) in [4.78, 5) is 34.3. The van der Waals surface area contributed by atoms with Gasteiger partial charge in [0.05, 0.1) is 19.1 Å². The Hall–Kier alpha value is -4.11. The highest BCUT2D eigenvalue weighted by Crippen LogP contribution is 2.37. The molecule has 2 fully saturated rings. The third-order valence-corrected chi connectivity index (χ3v) is 10.1. The van der Waals surface area contributed by atoms with Gasteiger partial charge >= 0.3 is 0 Å². The normalized spacial score (nSPS) is 16.2. The van der Waals surface area contributed by atoms with Crippen molar-refractivity contribution in [1.82, 2.24) is 14.4 Å². The number of hydrogen-bond acceptors (Lipinski definition) is 9. The van der Waals surface area contributed by atoms with E-state index in [0.29, 0.717) is 45.8 Å². The van der Waals surface area contributed by atoms with Crippen molar-refractivity contribution in [2.75, 3.05) is 51.8 Å². The van der Waals surface area contributed by atoms with Crippen LogP contribution in [-0.4, -0.2) is 71.5 Å². The molecule has 2 saturated heterocycles. The van der Waals surface area contributed by atoms with Gasteiger partial charge in [-0.1, -0.05) is 73.7 Å². The molecule has 9 nitrogen and oxygen atoms in total. The number of unbranched alkanes of at least 4 members (excludes halogenated alkanes) is 1. The van der Waals surface area contributed by atoms with Gasteiger partial charge in [0.1, 0.15) is 21.8 Å². The number of aromatic nitrogens is 1. The molecule has 3 heterocycles. The summed E-state index contributed by atoms with van der Waals surface area (Å²) < 4.78 is 13.0. The number of methoxy groups -OCH3 is 2. The first-order valence-electron chi connectivity index (χ1n) is 15.9. The number of hydrogen-bond donors (Lipinski definition) is 0.